The van der Waals surface area contributed by atoms with Gasteiger partial charge in [0.25, 0.3) is 0 Å². The molecule has 0 saturated carbocycles. The summed E-state index contributed by atoms with van der Waals surface area (Å²) < 4.78 is 0. The van der Waals surface area contributed by atoms with Crippen molar-refractivity contribution in [2.45, 2.75) is 6.92 Å². The first-order valence-corrected chi connectivity index (χ1v) is 3.48. The molecule has 0 amide bonds. The second kappa shape index (κ2) is 17.0. The Bertz CT molecular complexity index is 330. The Hall–Kier alpha value is 1.01. The number of halogens is 3. The molecule has 1 atom stereocenters. The van der Waals surface area contributed by atoms with Crippen molar-refractivity contribution in [3.05, 3.63) is 56.8 Å². The van der Waals surface area contributed by atoms with Gasteiger partial charge in [0, 0.05) is 0 Å². The number of aryl methyl sites for hydroxylation is 1. The van der Waals surface area contributed by atoms with Crippen molar-refractivity contribution in [1.82, 2.24) is 0 Å². The smallest absolute Gasteiger partial charge is 0.358 e. The van der Waals surface area contributed by atoms with Crippen molar-refractivity contribution in [1.29, 1.82) is 0 Å². The summed E-state index contributed by atoms with van der Waals surface area (Å²) in [5.41, 5.74) is 1.35. The fourth-order valence-electron chi connectivity index (χ4n) is 1.31. The van der Waals surface area contributed by atoms with Crippen molar-refractivity contribution in [3.8, 4) is 0 Å². The van der Waals surface area contributed by atoms with Crippen molar-refractivity contribution in [3.63, 3.8) is 0 Å². The second-order valence-electron chi connectivity index (χ2n) is 2.66. The molecule has 2 aromatic carbocycles. The zero-order chi connectivity index (χ0) is 6.97. The molecule has 0 aromatic heterocycles. The monoisotopic (exact) mass is 391 g/mol. The Balaban J connectivity index is -0.0000000432. The molecule has 0 N–H and O–H groups in total. The molecule has 1 radical (unpaired) electrons. The normalized spacial score (nSPS) is 6.18. The summed E-state index contributed by atoms with van der Waals surface area (Å²) in [5, 5.41) is 2.69. The van der Waals surface area contributed by atoms with Crippen LogP contribution in [0.2, 0.25) is 0 Å². The van der Waals surface area contributed by atoms with Gasteiger partial charge in [-0.05, 0) is 0 Å². The molecule has 0 aliphatic rings. The maximum atomic E-state index is 2.20. The number of rotatable bonds is 0. The molecule has 1 unspecified atom stereocenters. The zero-order valence-electron chi connectivity index (χ0n) is 10.4. The number of hydrogen-bond donors (Lipinski definition) is 0. The average Bonchev–Trinajstić information content (AvgIpc) is 2.27. The molecular weight excluding hydrogens is 373 g/mol. The van der Waals surface area contributed by atoms with Gasteiger partial charge in [-0.15, -0.1) is 77.8 Å². The van der Waals surface area contributed by atoms with Crippen LogP contribution in [0.1, 0.15) is 5.56 Å². The van der Waals surface area contributed by atoms with E-state index in [1.54, 1.807) is 0 Å². The molecule has 0 bridgehead atoms. The van der Waals surface area contributed by atoms with E-state index in [-0.39, 0.29) is 88.2 Å². The minimum absolute atomic E-state index is 0. The van der Waals surface area contributed by atoms with Crippen LogP contribution in [0.3, 0.4) is 0 Å². The molecule has 0 aliphatic carbocycles. The molecule has 0 spiro atoms. The zero-order valence-corrected chi connectivity index (χ0v) is 16.7. The van der Waals surface area contributed by atoms with E-state index in [1.165, 1.54) is 16.3 Å². The van der Waals surface area contributed by atoms with Gasteiger partial charge in [0.2, 0.25) is 0 Å². The van der Waals surface area contributed by atoms with E-state index >= 15 is 0 Å². The van der Waals surface area contributed by atoms with Crippen LogP contribution in [0.25, 0.3) is 10.8 Å². The van der Waals surface area contributed by atoms with Crippen LogP contribution in [0.5, 0.6) is 0 Å². The SMILES string of the molecule is Cc1cc2ccccc2[cH-]1.Cl.Cl.Cl.P.[CH3-].[CH3-].[Zr+3]. The maximum absolute atomic E-state index is 2.20. The third-order valence-electron chi connectivity index (χ3n) is 1.76. The Morgan fingerprint density at radius 2 is 1.41 bits per heavy atom. The molecule has 0 aliphatic heterocycles. The van der Waals surface area contributed by atoms with Crippen LogP contribution in [0.15, 0.2) is 36.4 Å². The first kappa shape index (κ1) is 36.1. The maximum Gasteiger partial charge on any atom is 3.00 e. The summed E-state index contributed by atoms with van der Waals surface area (Å²) in [6.07, 6.45) is 0. The summed E-state index contributed by atoms with van der Waals surface area (Å²) in [6.45, 7) is 2.12. The molecule has 0 saturated heterocycles. The first-order valence-electron chi connectivity index (χ1n) is 3.48. The van der Waals surface area contributed by atoms with Crippen molar-refractivity contribution in [2.24, 2.45) is 0 Å². The molecular formula is C12H21Cl3PZr. The molecule has 2 aromatic rings. The van der Waals surface area contributed by atoms with Crippen LogP contribution in [0, 0.1) is 21.8 Å². The Labute approximate surface area is 147 Å². The summed E-state index contributed by atoms with van der Waals surface area (Å²) in [7, 11) is 0. The predicted octanol–water partition coefficient (Wildman–Crippen LogP) is 5.09. The Kier molecular flexibility index (Phi) is 36.2. The fraction of sp³-hybridized carbons (Fsp3) is 0.0833. The minimum Gasteiger partial charge on any atom is -0.358 e. The third kappa shape index (κ3) is 9.57. The minimum atomic E-state index is 0. The van der Waals surface area contributed by atoms with E-state index in [2.05, 4.69) is 43.3 Å². The van der Waals surface area contributed by atoms with E-state index in [0.29, 0.717) is 0 Å². The van der Waals surface area contributed by atoms with Crippen molar-refractivity contribution in [2.75, 3.05) is 0 Å². The summed E-state index contributed by atoms with van der Waals surface area (Å²) in [6, 6.07) is 12.8. The Morgan fingerprint density at radius 1 is 0.941 bits per heavy atom. The predicted molar refractivity (Wildman–Crippen MR) is 90.0 cm³/mol. The van der Waals surface area contributed by atoms with Crippen LogP contribution >= 0.6 is 47.1 Å². The van der Waals surface area contributed by atoms with Gasteiger partial charge >= 0.3 is 26.2 Å². The largest absolute Gasteiger partial charge is 3.00 e. The van der Waals surface area contributed by atoms with Gasteiger partial charge in [-0.1, -0.05) is 13.0 Å². The van der Waals surface area contributed by atoms with Gasteiger partial charge in [-0.2, -0.15) is 16.0 Å². The fourth-order valence-corrected chi connectivity index (χ4v) is 1.31. The number of benzene rings is 1. The Morgan fingerprint density at radius 3 is 1.88 bits per heavy atom. The van der Waals surface area contributed by atoms with Gasteiger partial charge in [0.15, 0.2) is 0 Å². The molecule has 0 fully saturated rings. The summed E-state index contributed by atoms with van der Waals surface area (Å²) >= 11 is 0. The van der Waals surface area contributed by atoms with Gasteiger partial charge in [0.1, 0.15) is 0 Å². The van der Waals surface area contributed by atoms with E-state index in [4.69, 9.17) is 0 Å². The van der Waals surface area contributed by atoms with Gasteiger partial charge < -0.3 is 14.9 Å². The van der Waals surface area contributed by atoms with Crippen LogP contribution in [0.4, 0.5) is 0 Å². The average molecular weight is 394 g/mol. The van der Waals surface area contributed by atoms with E-state index in [0.717, 1.165) is 0 Å². The van der Waals surface area contributed by atoms with Crippen LogP contribution < -0.4 is 0 Å². The molecule has 17 heavy (non-hydrogen) atoms. The van der Waals surface area contributed by atoms with Crippen LogP contribution in [-0.2, 0) is 26.2 Å². The van der Waals surface area contributed by atoms with Crippen molar-refractivity contribution < 1.29 is 26.2 Å². The molecule has 0 heterocycles. The quantitative estimate of drug-likeness (QED) is 0.432. The molecule has 0 nitrogen and oxygen atoms in total. The molecule has 2 rings (SSSR count). The summed E-state index contributed by atoms with van der Waals surface area (Å²) in [5.74, 6) is 0. The first-order chi connectivity index (χ1) is 4.86. The van der Waals surface area contributed by atoms with Gasteiger partial charge in [-0.25, -0.2) is 0 Å². The van der Waals surface area contributed by atoms with Gasteiger partial charge in [-0.3, -0.25) is 0 Å². The summed E-state index contributed by atoms with van der Waals surface area (Å²) in [4.78, 5) is 0. The second-order valence-corrected chi connectivity index (χ2v) is 2.66. The standard InChI is InChI=1S/C10H9.2CH3.3ClH.H3P.Zr/c1-8-6-9-4-2-3-5-10(9)7-8;;;;;;;/h2-7H,1H3;2*1H3;3*1H;1H3;/q3*-1;;;;;+3. The third-order valence-corrected chi connectivity index (χ3v) is 1.76. The topological polar surface area (TPSA) is 0 Å². The van der Waals surface area contributed by atoms with Gasteiger partial charge in [0.05, 0.1) is 0 Å². The number of hydrogen-bond acceptors (Lipinski definition) is 0. The van der Waals surface area contributed by atoms with E-state index in [9.17, 15) is 0 Å². The van der Waals surface area contributed by atoms with E-state index < -0.39 is 0 Å². The van der Waals surface area contributed by atoms with Crippen molar-refractivity contribution >= 4 is 57.9 Å². The molecule has 99 valence electrons. The van der Waals surface area contributed by atoms with E-state index in [1.807, 2.05) is 0 Å². The molecule has 5 heteroatoms. The van der Waals surface area contributed by atoms with Crippen LogP contribution in [-0.4, -0.2) is 0 Å². The number of fused-ring (bicyclic) bond motifs is 1.